The lowest BCUT2D eigenvalue weighted by atomic mass is 10.1. The first kappa shape index (κ1) is 18.5. The van der Waals surface area contributed by atoms with Crippen molar-refractivity contribution in [1.29, 1.82) is 0 Å². The van der Waals surface area contributed by atoms with Gasteiger partial charge in [0, 0.05) is 6.19 Å². The minimum atomic E-state index is -2.33. The van der Waals surface area contributed by atoms with E-state index in [2.05, 4.69) is 31.3 Å². The van der Waals surface area contributed by atoms with E-state index in [0.29, 0.717) is 0 Å². The Kier molecular flexibility index (Phi) is 6.86. The molecule has 22 heavy (non-hydrogen) atoms. The molecule has 5 heteroatoms. The maximum Gasteiger partial charge on any atom is 0.0860 e. The summed E-state index contributed by atoms with van der Waals surface area (Å²) < 4.78 is 4.03. The van der Waals surface area contributed by atoms with Gasteiger partial charge in [-0.05, 0) is 31.4 Å². The fourth-order valence-corrected chi connectivity index (χ4v) is 4.24. The van der Waals surface area contributed by atoms with E-state index >= 15 is 0 Å². The molecule has 0 unspecified atom stereocenters. The fraction of sp³-hybridized carbons (Fsp3) is 0.235. The van der Waals surface area contributed by atoms with Crippen molar-refractivity contribution in [3.63, 3.8) is 0 Å². The summed E-state index contributed by atoms with van der Waals surface area (Å²) in [4.78, 5) is 0. The van der Waals surface area contributed by atoms with Crippen molar-refractivity contribution < 1.29 is 5.73 Å². The average molecular weight is 331 g/mol. The van der Waals surface area contributed by atoms with Crippen LogP contribution in [-0.2, 0) is 11.8 Å². The van der Waals surface area contributed by atoms with Crippen LogP contribution < -0.4 is 16.3 Å². The summed E-state index contributed by atoms with van der Waals surface area (Å²) in [7, 11) is 0. The van der Waals surface area contributed by atoms with Crippen LogP contribution in [0.15, 0.2) is 65.4 Å². The molecule has 2 aromatic carbocycles. The van der Waals surface area contributed by atoms with E-state index in [1.807, 2.05) is 66.7 Å². The number of hydrogen-bond donors (Lipinski definition) is 1. The molecular weight excluding hydrogens is 309 g/mol. The van der Waals surface area contributed by atoms with Gasteiger partial charge in [-0.3, -0.25) is 0 Å². The summed E-state index contributed by atoms with van der Waals surface area (Å²) >= 11 is 5.66. The Morgan fingerprint density at radius 2 is 1.27 bits per heavy atom. The molecular formula is C17H22N3PS. The molecule has 0 aliphatic carbocycles. The lowest BCUT2D eigenvalue weighted by Crippen LogP contribution is -2.67. The zero-order valence-electron chi connectivity index (χ0n) is 13.2. The monoisotopic (exact) mass is 331 g/mol. The Morgan fingerprint density at radius 3 is 1.55 bits per heavy atom. The predicted molar refractivity (Wildman–Crippen MR) is 99.9 cm³/mol. The maximum atomic E-state index is 8.87. The molecule has 0 saturated heterocycles. The van der Waals surface area contributed by atoms with E-state index in [1.54, 1.807) is 0 Å². The highest BCUT2D eigenvalue weighted by Crippen LogP contribution is 2.44. The second kappa shape index (κ2) is 8.17. The van der Waals surface area contributed by atoms with Crippen molar-refractivity contribution in [1.82, 2.24) is 0 Å². The largest absolute Gasteiger partial charge is 0.422 e. The molecule has 0 spiro atoms. The van der Waals surface area contributed by atoms with Gasteiger partial charge in [0.05, 0.1) is 5.54 Å². The Labute approximate surface area is 137 Å². The summed E-state index contributed by atoms with van der Waals surface area (Å²) in [5.41, 5.74) is 4.02. The van der Waals surface area contributed by atoms with Crippen LogP contribution >= 0.6 is 6.19 Å². The molecule has 0 aromatic heterocycles. The quantitative estimate of drug-likeness (QED) is 0.682. The summed E-state index contributed by atoms with van der Waals surface area (Å²) in [6, 6.07) is 21.2. The molecule has 2 rings (SSSR count). The van der Waals surface area contributed by atoms with Crippen molar-refractivity contribution in [2.45, 2.75) is 26.3 Å². The van der Waals surface area contributed by atoms with Gasteiger partial charge in [0.2, 0.25) is 0 Å². The smallest absolute Gasteiger partial charge is 0.0860 e. The highest BCUT2D eigenvalue weighted by Gasteiger charge is 2.14. The van der Waals surface area contributed by atoms with Gasteiger partial charge in [-0.25, -0.2) is 0 Å². The Bertz CT molecular complexity index is 623. The minimum Gasteiger partial charge on any atom is -0.422 e. The van der Waals surface area contributed by atoms with E-state index in [1.165, 1.54) is 0 Å². The van der Waals surface area contributed by atoms with Gasteiger partial charge in [0.1, 0.15) is 0 Å². The van der Waals surface area contributed by atoms with Crippen molar-refractivity contribution in [3.05, 3.63) is 66.1 Å². The van der Waals surface area contributed by atoms with E-state index in [0.717, 1.165) is 10.6 Å². The van der Waals surface area contributed by atoms with Crippen LogP contribution in [0.5, 0.6) is 0 Å². The van der Waals surface area contributed by atoms with Crippen LogP contribution in [0.4, 0.5) is 0 Å². The topological polar surface area (TPSA) is 62.3 Å². The lowest BCUT2D eigenvalue weighted by molar-refractivity contribution is -0.458. The van der Waals surface area contributed by atoms with Gasteiger partial charge < -0.3 is 15.9 Å². The van der Waals surface area contributed by atoms with Crippen molar-refractivity contribution in [3.8, 4) is 0 Å². The van der Waals surface area contributed by atoms with Crippen LogP contribution in [0.1, 0.15) is 20.8 Å². The van der Waals surface area contributed by atoms with E-state index in [4.69, 9.17) is 17.2 Å². The molecule has 0 radical (unpaired) electrons. The third-order valence-corrected chi connectivity index (χ3v) is 6.28. The first-order valence-electron chi connectivity index (χ1n) is 6.95. The van der Waals surface area contributed by atoms with Gasteiger partial charge >= 0.3 is 0 Å². The fourth-order valence-electron chi connectivity index (χ4n) is 1.59. The molecule has 0 heterocycles. The molecule has 0 aliphatic rings. The van der Waals surface area contributed by atoms with Crippen LogP contribution in [0.25, 0.3) is 5.41 Å². The number of quaternary nitrogens is 1. The van der Waals surface area contributed by atoms with Crippen molar-refractivity contribution in [2.24, 2.45) is 4.76 Å². The second-order valence-electron chi connectivity index (χ2n) is 6.01. The summed E-state index contributed by atoms with van der Waals surface area (Å²) in [6.07, 6.45) is -2.33. The first-order valence-corrected chi connectivity index (χ1v) is 9.71. The molecule has 0 saturated carbocycles. The highest BCUT2D eigenvalue weighted by atomic mass is 32.4. The van der Waals surface area contributed by atoms with Gasteiger partial charge in [-0.1, -0.05) is 72.5 Å². The standard InChI is InChI=1S/C13H10N2PS.C4H11N/c14-11-15-16(17,12-7-3-1-4-8-12)13-9-5-2-6-10-13;1-4(2,3)5/h1-10H;5H2,1-3H3/q-1;/p+1. The van der Waals surface area contributed by atoms with E-state index in [9.17, 15) is 0 Å². The number of nitrogens with zero attached hydrogens (tertiary/aromatic N) is 2. The first-order chi connectivity index (χ1) is 10.3. The average Bonchev–Trinajstić information content (AvgIpc) is 2.47. The SMILES string of the molecule is CC(C)(C)[NH3+].[N-]=C=NP(=S)(c1ccccc1)c1ccccc1. The molecule has 3 N–H and O–H groups in total. The molecule has 3 nitrogen and oxygen atoms in total. The predicted octanol–water partition coefficient (Wildman–Crippen LogP) is 2.80. The van der Waals surface area contributed by atoms with Crippen molar-refractivity contribution in [2.75, 3.05) is 0 Å². The maximum absolute atomic E-state index is 8.87. The van der Waals surface area contributed by atoms with Crippen molar-refractivity contribution >= 4 is 34.6 Å². The number of hydrogen-bond acceptors (Lipinski definition) is 1. The molecule has 2 aromatic rings. The lowest BCUT2D eigenvalue weighted by Gasteiger charge is -2.23. The highest BCUT2D eigenvalue weighted by molar-refractivity contribution is 8.21. The summed E-state index contributed by atoms with van der Waals surface area (Å²) in [5.74, 6) is 0. The molecule has 0 aliphatic heterocycles. The Balaban J connectivity index is 0.000000422. The van der Waals surface area contributed by atoms with Gasteiger partial charge in [0.15, 0.2) is 0 Å². The second-order valence-corrected chi connectivity index (χ2v) is 9.98. The van der Waals surface area contributed by atoms with Gasteiger partial charge in [-0.2, -0.15) is 0 Å². The summed E-state index contributed by atoms with van der Waals surface area (Å²) in [6.45, 7) is 6.23. The molecule has 0 bridgehead atoms. The molecule has 0 atom stereocenters. The van der Waals surface area contributed by atoms with Crippen LogP contribution in [0.2, 0.25) is 0 Å². The number of benzene rings is 2. The van der Waals surface area contributed by atoms with Crippen LogP contribution in [0.3, 0.4) is 0 Å². The van der Waals surface area contributed by atoms with Crippen LogP contribution in [-0.4, -0.2) is 11.5 Å². The molecule has 0 amide bonds. The van der Waals surface area contributed by atoms with E-state index < -0.39 is 6.19 Å². The van der Waals surface area contributed by atoms with E-state index in [-0.39, 0.29) is 5.54 Å². The number of rotatable bonds is 3. The minimum absolute atomic E-state index is 0.250. The zero-order valence-corrected chi connectivity index (χ0v) is 14.9. The van der Waals surface area contributed by atoms with Crippen LogP contribution in [0, 0.1) is 0 Å². The third kappa shape index (κ3) is 6.05. The third-order valence-electron chi connectivity index (χ3n) is 2.40. The summed E-state index contributed by atoms with van der Waals surface area (Å²) in [5, 5.41) is 10.8. The Hall–Kier alpha value is -1.57. The normalized spacial score (nSPS) is 10.9. The molecule has 116 valence electrons. The zero-order chi connectivity index (χ0) is 16.6. The molecule has 0 fully saturated rings. The van der Waals surface area contributed by atoms with Gasteiger partial charge in [-0.15, -0.1) is 6.01 Å². The van der Waals surface area contributed by atoms with Gasteiger partial charge in [0.25, 0.3) is 0 Å². The Morgan fingerprint density at radius 1 is 0.955 bits per heavy atom.